The topological polar surface area (TPSA) is 0 Å². The molecule has 0 spiro atoms. The van der Waals surface area contributed by atoms with Gasteiger partial charge in [0.05, 0.1) is 0 Å². The average Bonchev–Trinajstić information content (AvgIpc) is 2.64. The third-order valence-electron chi connectivity index (χ3n) is 4.55. The van der Waals surface area contributed by atoms with Crippen molar-refractivity contribution in [3.8, 4) is 0 Å². The Morgan fingerprint density at radius 1 is 0.417 bits per heavy atom. The molecular weight excluding hydrogens is 288 g/mol. The first-order valence-corrected chi connectivity index (χ1v) is 8.47. The smallest absolute Gasteiger partial charge is 0.00195 e. The maximum atomic E-state index is 2.27. The SMILES string of the molecule is c1ccc(Cc2cccc3cccc(Cc4ccccc4)c23)cc1. The predicted molar refractivity (Wildman–Crippen MR) is 102 cm³/mol. The Bertz CT molecular complexity index is 861. The second kappa shape index (κ2) is 6.72. The van der Waals surface area contributed by atoms with Crippen LogP contribution >= 0.6 is 0 Å². The average molecular weight is 308 g/mol. The minimum Gasteiger partial charge on any atom is -0.0622 e. The molecule has 0 aromatic heterocycles. The molecular formula is C24H20. The monoisotopic (exact) mass is 308 g/mol. The number of hydrogen-bond acceptors (Lipinski definition) is 0. The minimum atomic E-state index is 0.976. The highest BCUT2D eigenvalue weighted by Gasteiger charge is 2.08. The summed E-state index contributed by atoms with van der Waals surface area (Å²) < 4.78 is 0. The predicted octanol–water partition coefficient (Wildman–Crippen LogP) is 6.02. The van der Waals surface area contributed by atoms with Gasteiger partial charge >= 0.3 is 0 Å². The minimum absolute atomic E-state index is 0.976. The van der Waals surface area contributed by atoms with Crippen LogP contribution in [0.2, 0.25) is 0 Å². The van der Waals surface area contributed by atoms with Gasteiger partial charge in [-0.2, -0.15) is 0 Å². The molecule has 0 aliphatic carbocycles. The lowest BCUT2D eigenvalue weighted by atomic mass is 9.92. The van der Waals surface area contributed by atoms with Crippen molar-refractivity contribution >= 4 is 10.8 Å². The van der Waals surface area contributed by atoms with Gasteiger partial charge in [0.1, 0.15) is 0 Å². The van der Waals surface area contributed by atoms with E-state index in [1.54, 1.807) is 0 Å². The maximum Gasteiger partial charge on any atom is -0.00195 e. The van der Waals surface area contributed by atoms with Gasteiger partial charge < -0.3 is 0 Å². The van der Waals surface area contributed by atoms with Crippen LogP contribution in [-0.2, 0) is 12.8 Å². The quantitative estimate of drug-likeness (QED) is 0.432. The second-order valence-corrected chi connectivity index (χ2v) is 6.26. The normalized spacial score (nSPS) is 10.8. The number of fused-ring (bicyclic) bond motifs is 1. The zero-order valence-corrected chi connectivity index (χ0v) is 13.7. The van der Waals surface area contributed by atoms with Crippen LogP contribution in [0, 0.1) is 0 Å². The second-order valence-electron chi connectivity index (χ2n) is 6.26. The summed E-state index contributed by atoms with van der Waals surface area (Å²) in [5.74, 6) is 0. The summed E-state index contributed by atoms with van der Waals surface area (Å²) in [5.41, 5.74) is 5.54. The Hall–Kier alpha value is -2.86. The van der Waals surface area contributed by atoms with Crippen LogP contribution in [0.15, 0.2) is 97.1 Å². The van der Waals surface area contributed by atoms with Crippen LogP contribution in [0.5, 0.6) is 0 Å². The molecule has 4 aromatic rings. The molecule has 0 nitrogen and oxygen atoms in total. The molecule has 24 heavy (non-hydrogen) atoms. The van der Waals surface area contributed by atoms with E-state index >= 15 is 0 Å². The third-order valence-corrected chi connectivity index (χ3v) is 4.55. The highest BCUT2D eigenvalue weighted by atomic mass is 14.1. The van der Waals surface area contributed by atoms with Crippen molar-refractivity contribution in [2.75, 3.05) is 0 Å². The molecule has 0 aliphatic heterocycles. The van der Waals surface area contributed by atoms with Gasteiger partial charge in [0.25, 0.3) is 0 Å². The summed E-state index contributed by atoms with van der Waals surface area (Å²) in [6, 6.07) is 34.8. The Balaban J connectivity index is 1.79. The number of benzene rings is 4. The van der Waals surface area contributed by atoms with Crippen molar-refractivity contribution in [2.45, 2.75) is 12.8 Å². The van der Waals surface area contributed by atoms with Crippen LogP contribution in [-0.4, -0.2) is 0 Å². The fourth-order valence-electron chi connectivity index (χ4n) is 3.43. The molecule has 0 N–H and O–H groups in total. The van der Waals surface area contributed by atoms with Crippen molar-refractivity contribution in [3.63, 3.8) is 0 Å². The van der Waals surface area contributed by atoms with E-state index < -0.39 is 0 Å². The van der Waals surface area contributed by atoms with Crippen molar-refractivity contribution in [1.82, 2.24) is 0 Å². The zero-order valence-electron chi connectivity index (χ0n) is 13.7. The summed E-state index contributed by atoms with van der Waals surface area (Å²) >= 11 is 0. The molecule has 0 bridgehead atoms. The summed E-state index contributed by atoms with van der Waals surface area (Å²) in [6.07, 6.45) is 1.95. The van der Waals surface area contributed by atoms with Crippen molar-refractivity contribution < 1.29 is 0 Å². The van der Waals surface area contributed by atoms with Gasteiger partial charge in [0.15, 0.2) is 0 Å². The maximum absolute atomic E-state index is 2.27. The molecule has 0 saturated carbocycles. The molecule has 4 rings (SSSR count). The van der Waals surface area contributed by atoms with Crippen LogP contribution in [0.4, 0.5) is 0 Å². The molecule has 0 saturated heterocycles. The first-order valence-electron chi connectivity index (χ1n) is 8.47. The molecule has 0 heteroatoms. The van der Waals surface area contributed by atoms with E-state index in [-0.39, 0.29) is 0 Å². The van der Waals surface area contributed by atoms with Crippen LogP contribution in [0.3, 0.4) is 0 Å². The molecule has 0 atom stereocenters. The van der Waals surface area contributed by atoms with Crippen LogP contribution in [0.1, 0.15) is 22.3 Å². The molecule has 116 valence electrons. The molecule has 0 fully saturated rings. The van der Waals surface area contributed by atoms with Gasteiger partial charge in [0.2, 0.25) is 0 Å². The molecule has 0 heterocycles. The number of rotatable bonds is 4. The third kappa shape index (κ3) is 3.09. The number of hydrogen-bond donors (Lipinski definition) is 0. The van der Waals surface area contributed by atoms with Crippen LogP contribution < -0.4 is 0 Å². The van der Waals surface area contributed by atoms with Crippen molar-refractivity contribution in [1.29, 1.82) is 0 Å². The van der Waals surface area contributed by atoms with Gasteiger partial charge in [-0.3, -0.25) is 0 Å². The first kappa shape index (κ1) is 14.7. The highest BCUT2D eigenvalue weighted by Crippen LogP contribution is 2.27. The van der Waals surface area contributed by atoms with E-state index in [4.69, 9.17) is 0 Å². The van der Waals surface area contributed by atoms with E-state index in [2.05, 4.69) is 97.1 Å². The van der Waals surface area contributed by atoms with E-state index in [9.17, 15) is 0 Å². The Labute approximate surface area is 143 Å². The highest BCUT2D eigenvalue weighted by molar-refractivity contribution is 5.89. The summed E-state index contributed by atoms with van der Waals surface area (Å²) in [7, 11) is 0. The van der Waals surface area contributed by atoms with Gasteiger partial charge in [-0.25, -0.2) is 0 Å². The van der Waals surface area contributed by atoms with E-state index in [0.29, 0.717) is 0 Å². The summed E-state index contributed by atoms with van der Waals surface area (Å²) in [4.78, 5) is 0. The first-order chi connectivity index (χ1) is 11.9. The fourth-order valence-corrected chi connectivity index (χ4v) is 3.43. The van der Waals surface area contributed by atoms with E-state index in [0.717, 1.165) is 12.8 Å². The lowest BCUT2D eigenvalue weighted by Crippen LogP contribution is -1.95. The zero-order chi connectivity index (χ0) is 16.2. The molecule has 0 radical (unpaired) electrons. The van der Waals surface area contributed by atoms with E-state index in [1.165, 1.54) is 33.0 Å². The summed E-state index contributed by atoms with van der Waals surface area (Å²) in [6.45, 7) is 0. The van der Waals surface area contributed by atoms with E-state index in [1.807, 2.05) is 0 Å². The molecule has 4 aromatic carbocycles. The molecule has 0 amide bonds. The Morgan fingerprint density at radius 3 is 1.33 bits per heavy atom. The van der Waals surface area contributed by atoms with Crippen LogP contribution in [0.25, 0.3) is 10.8 Å². The molecule has 0 unspecified atom stereocenters. The van der Waals surface area contributed by atoms with Gasteiger partial charge in [-0.1, -0.05) is 97.1 Å². The van der Waals surface area contributed by atoms with Gasteiger partial charge in [-0.05, 0) is 45.9 Å². The van der Waals surface area contributed by atoms with Gasteiger partial charge in [-0.15, -0.1) is 0 Å². The lowest BCUT2D eigenvalue weighted by Gasteiger charge is -2.12. The Kier molecular flexibility index (Phi) is 4.12. The lowest BCUT2D eigenvalue weighted by molar-refractivity contribution is 1.18. The molecule has 0 aliphatic rings. The van der Waals surface area contributed by atoms with Gasteiger partial charge in [0, 0.05) is 0 Å². The van der Waals surface area contributed by atoms with Crippen molar-refractivity contribution in [2.24, 2.45) is 0 Å². The fraction of sp³-hybridized carbons (Fsp3) is 0.0833. The van der Waals surface area contributed by atoms with Crippen molar-refractivity contribution in [3.05, 3.63) is 119 Å². The standard InChI is InChI=1S/C24H20/c1-3-9-19(10-4-1)17-22-15-7-13-21-14-8-16-23(24(21)22)18-20-11-5-2-6-12-20/h1-16H,17-18H2. The Morgan fingerprint density at radius 2 is 0.875 bits per heavy atom. The largest absolute Gasteiger partial charge is 0.0622 e. The summed E-state index contributed by atoms with van der Waals surface area (Å²) in [5, 5.41) is 2.74.